The third kappa shape index (κ3) is 2.31. The highest BCUT2D eigenvalue weighted by atomic mass is 32.1. The standard InChI is InChI=1S/C9H9N5S2/c1-5-12-9(16-14-5)13-8-6(7(10)15)3-2-4-11-8/h2-4H,1H3,(H2,10,15)(H,11,12,13,14). The van der Waals surface area contributed by atoms with Gasteiger partial charge in [0, 0.05) is 17.7 Å². The number of pyridine rings is 1. The highest BCUT2D eigenvalue weighted by Crippen LogP contribution is 2.19. The fourth-order valence-corrected chi connectivity index (χ4v) is 1.89. The van der Waals surface area contributed by atoms with Crippen LogP contribution in [0.3, 0.4) is 0 Å². The van der Waals surface area contributed by atoms with Crippen LogP contribution in [0.5, 0.6) is 0 Å². The van der Waals surface area contributed by atoms with Crippen LogP contribution in [-0.4, -0.2) is 19.3 Å². The molecule has 82 valence electrons. The van der Waals surface area contributed by atoms with Crippen LogP contribution in [0, 0.1) is 6.92 Å². The van der Waals surface area contributed by atoms with Crippen molar-refractivity contribution < 1.29 is 0 Å². The molecule has 0 bridgehead atoms. The summed E-state index contributed by atoms with van der Waals surface area (Å²) < 4.78 is 4.06. The first kappa shape index (κ1) is 10.9. The molecule has 0 saturated carbocycles. The van der Waals surface area contributed by atoms with E-state index >= 15 is 0 Å². The van der Waals surface area contributed by atoms with Crippen LogP contribution in [0.1, 0.15) is 11.4 Å². The molecule has 2 heterocycles. The lowest BCUT2D eigenvalue weighted by Crippen LogP contribution is -2.12. The summed E-state index contributed by atoms with van der Waals surface area (Å²) >= 11 is 6.20. The minimum atomic E-state index is 0.303. The number of anilines is 2. The Hall–Kier alpha value is -1.60. The molecule has 0 radical (unpaired) electrons. The number of thiocarbonyl (C=S) groups is 1. The SMILES string of the molecule is Cc1nsc(Nc2ncccc2C(N)=S)n1. The van der Waals surface area contributed by atoms with E-state index in [1.807, 2.05) is 13.0 Å². The van der Waals surface area contributed by atoms with Gasteiger partial charge in [-0.25, -0.2) is 9.97 Å². The largest absolute Gasteiger partial charge is 0.389 e. The van der Waals surface area contributed by atoms with Crippen LogP contribution in [0.25, 0.3) is 0 Å². The van der Waals surface area contributed by atoms with E-state index < -0.39 is 0 Å². The van der Waals surface area contributed by atoms with Crippen LogP contribution in [-0.2, 0) is 0 Å². The third-order valence-electron chi connectivity index (χ3n) is 1.83. The maximum Gasteiger partial charge on any atom is 0.208 e. The molecule has 2 rings (SSSR count). The second-order valence-corrected chi connectivity index (χ2v) is 4.23. The van der Waals surface area contributed by atoms with Gasteiger partial charge in [-0.15, -0.1) is 0 Å². The molecule has 0 atom stereocenters. The number of aromatic nitrogens is 3. The second-order valence-electron chi connectivity index (χ2n) is 3.04. The first-order valence-electron chi connectivity index (χ1n) is 4.49. The summed E-state index contributed by atoms with van der Waals surface area (Å²) in [5.74, 6) is 1.33. The maximum absolute atomic E-state index is 5.59. The molecule has 0 amide bonds. The summed E-state index contributed by atoms with van der Waals surface area (Å²) in [5.41, 5.74) is 6.29. The van der Waals surface area contributed by atoms with Crippen molar-refractivity contribution in [2.45, 2.75) is 6.92 Å². The van der Waals surface area contributed by atoms with Gasteiger partial charge in [0.2, 0.25) is 5.13 Å². The van der Waals surface area contributed by atoms with E-state index in [0.717, 1.165) is 5.82 Å². The average Bonchev–Trinajstić information content (AvgIpc) is 2.64. The van der Waals surface area contributed by atoms with E-state index in [2.05, 4.69) is 19.7 Å². The molecule has 0 aliphatic carbocycles. The lowest BCUT2D eigenvalue weighted by Gasteiger charge is -2.06. The van der Waals surface area contributed by atoms with Crippen molar-refractivity contribution in [2.24, 2.45) is 5.73 Å². The van der Waals surface area contributed by atoms with Gasteiger partial charge in [0.15, 0.2) is 0 Å². The molecule has 7 heteroatoms. The summed E-state index contributed by atoms with van der Waals surface area (Å²) in [6, 6.07) is 3.59. The Bertz CT molecular complexity index is 522. The fourth-order valence-electron chi connectivity index (χ4n) is 1.15. The van der Waals surface area contributed by atoms with Crippen molar-refractivity contribution in [3.05, 3.63) is 29.7 Å². The van der Waals surface area contributed by atoms with Gasteiger partial charge in [-0.2, -0.15) is 4.37 Å². The molecule has 16 heavy (non-hydrogen) atoms. The number of nitrogens with one attached hydrogen (secondary N) is 1. The molecule has 0 aliphatic rings. The molecule has 5 nitrogen and oxygen atoms in total. The highest BCUT2D eigenvalue weighted by Gasteiger charge is 2.08. The number of aryl methyl sites for hydroxylation is 1. The lowest BCUT2D eigenvalue weighted by molar-refractivity contribution is 1.16. The molecule has 0 unspecified atom stereocenters. The summed E-state index contributed by atoms with van der Waals surface area (Å²) in [6.45, 7) is 1.83. The Balaban J connectivity index is 2.31. The maximum atomic E-state index is 5.59. The van der Waals surface area contributed by atoms with E-state index in [0.29, 0.717) is 21.5 Å². The number of nitrogens with zero attached hydrogens (tertiary/aromatic N) is 3. The highest BCUT2D eigenvalue weighted by molar-refractivity contribution is 7.80. The molecule has 0 aliphatic heterocycles. The molecule has 3 N–H and O–H groups in total. The summed E-state index contributed by atoms with van der Waals surface area (Å²) in [5, 5.41) is 3.72. The molecular formula is C9H9N5S2. The smallest absolute Gasteiger partial charge is 0.208 e. The van der Waals surface area contributed by atoms with Crippen LogP contribution in [0.4, 0.5) is 10.9 Å². The Morgan fingerprint density at radius 2 is 2.38 bits per heavy atom. The predicted molar refractivity (Wildman–Crippen MR) is 68.1 cm³/mol. The number of hydrogen-bond acceptors (Lipinski definition) is 6. The predicted octanol–water partition coefficient (Wildman–Crippen LogP) is 1.62. The third-order valence-corrected chi connectivity index (χ3v) is 2.77. The quantitative estimate of drug-likeness (QED) is 0.807. The molecular weight excluding hydrogens is 242 g/mol. The van der Waals surface area contributed by atoms with Gasteiger partial charge < -0.3 is 11.1 Å². The van der Waals surface area contributed by atoms with E-state index in [1.54, 1.807) is 12.3 Å². The van der Waals surface area contributed by atoms with Crippen LogP contribution >= 0.6 is 23.8 Å². The first-order valence-corrected chi connectivity index (χ1v) is 5.67. The molecule has 2 aromatic heterocycles. The number of hydrogen-bond donors (Lipinski definition) is 2. The summed E-state index contributed by atoms with van der Waals surface area (Å²) in [4.78, 5) is 8.65. The summed E-state index contributed by atoms with van der Waals surface area (Å²) in [6.07, 6.45) is 1.66. The molecule has 0 spiro atoms. The van der Waals surface area contributed by atoms with Crippen LogP contribution in [0.15, 0.2) is 18.3 Å². The topological polar surface area (TPSA) is 76.7 Å². The van der Waals surface area contributed by atoms with Crippen molar-refractivity contribution in [1.82, 2.24) is 14.3 Å². The minimum Gasteiger partial charge on any atom is -0.389 e. The van der Waals surface area contributed by atoms with Gasteiger partial charge in [-0.05, 0) is 19.1 Å². The zero-order valence-electron chi connectivity index (χ0n) is 8.47. The molecule has 0 fully saturated rings. The van der Waals surface area contributed by atoms with Crippen molar-refractivity contribution in [3.8, 4) is 0 Å². The van der Waals surface area contributed by atoms with Crippen LogP contribution < -0.4 is 11.1 Å². The van der Waals surface area contributed by atoms with E-state index in [4.69, 9.17) is 18.0 Å². The second kappa shape index (κ2) is 4.50. The Morgan fingerprint density at radius 1 is 1.56 bits per heavy atom. The normalized spacial score (nSPS) is 10.1. The van der Waals surface area contributed by atoms with Crippen molar-refractivity contribution in [1.29, 1.82) is 0 Å². The van der Waals surface area contributed by atoms with Gasteiger partial charge in [0.1, 0.15) is 16.6 Å². The van der Waals surface area contributed by atoms with Crippen molar-refractivity contribution in [3.63, 3.8) is 0 Å². The number of nitrogens with two attached hydrogens (primary N) is 1. The zero-order chi connectivity index (χ0) is 11.5. The Morgan fingerprint density at radius 3 is 3.00 bits per heavy atom. The van der Waals surface area contributed by atoms with E-state index in [-0.39, 0.29) is 0 Å². The van der Waals surface area contributed by atoms with Gasteiger partial charge in [0.05, 0.1) is 5.56 Å². The number of rotatable bonds is 3. The molecule has 0 aromatic carbocycles. The van der Waals surface area contributed by atoms with Gasteiger partial charge in [0.25, 0.3) is 0 Å². The molecule has 2 aromatic rings. The summed E-state index contributed by atoms with van der Waals surface area (Å²) in [7, 11) is 0. The Kier molecular flexibility index (Phi) is 3.07. The Labute approximate surface area is 102 Å². The van der Waals surface area contributed by atoms with Crippen molar-refractivity contribution >= 4 is 39.7 Å². The van der Waals surface area contributed by atoms with Crippen LogP contribution in [0.2, 0.25) is 0 Å². The monoisotopic (exact) mass is 251 g/mol. The molecule has 0 saturated heterocycles. The minimum absolute atomic E-state index is 0.303. The fraction of sp³-hybridized carbons (Fsp3) is 0.111. The van der Waals surface area contributed by atoms with Gasteiger partial charge in [-0.3, -0.25) is 0 Å². The average molecular weight is 251 g/mol. The van der Waals surface area contributed by atoms with Gasteiger partial charge >= 0.3 is 0 Å². The first-order chi connectivity index (χ1) is 7.66. The lowest BCUT2D eigenvalue weighted by atomic mass is 10.2. The van der Waals surface area contributed by atoms with Gasteiger partial charge in [-0.1, -0.05) is 12.2 Å². The zero-order valence-corrected chi connectivity index (χ0v) is 10.1. The van der Waals surface area contributed by atoms with Crippen molar-refractivity contribution in [2.75, 3.05) is 5.32 Å². The van der Waals surface area contributed by atoms with E-state index in [1.165, 1.54) is 11.5 Å². The van der Waals surface area contributed by atoms with E-state index in [9.17, 15) is 0 Å².